The van der Waals surface area contributed by atoms with E-state index in [9.17, 15) is 9.59 Å². The van der Waals surface area contributed by atoms with Crippen molar-refractivity contribution in [2.45, 2.75) is 55.7 Å². The first-order chi connectivity index (χ1) is 17.6. The van der Waals surface area contributed by atoms with Crippen LogP contribution in [0.3, 0.4) is 0 Å². The normalized spacial score (nSPS) is 10.6. The third-order valence-electron chi connectivity index (χ3n) is 5.68. The van der Waals surface area contributed by atoms with Gasteiger partial charge in [0.1, 0.15) is 0 Å². The Morgan fingerprint density at radius 3 is 2.36 bits per heavy atom. The van der Waals surface area contributed by atoms with Gasteiger partial charge < -0.3 is 10.1 Å². The van der Waals surface area contributed by atoms with Gasteiger partial charge in [-0.2, -0.15) is 0 Å². The molecule has 0 radical (unpaired) electrons. The van der Waals surface area contributed by atoms with Crippen LogP contribution in [0, 0.1) is 0 Å². The molecule has 1 N–H and O–H groups in total. The molecule has 0 atom stereocenters. The van der Waals surface area contributed by atoms with Gasteiger partial charge in [0.25, 0.3) is 0 Å². The number of esters is 1. The van der Waals surface area contributed by atoms with E-state index >= 15 is 0 Å². The number of hydrogen-bond donors (Lipinski definition) is 1. The number of urea groups is 1. The Hall–Kier alpha value is -3.25. The average Bonchev–Trinajstić information content (AvgIpc) is 2.89. The van der Waals surface area contributed by atoms with Crippen molar-refractivity contribution in [3.63, 3.8) is 0 Å². The highest BCUT2D eigenvalue weighted by Crippen LogP contribution is 2.31. The van der Waals surface area contributed by atoms with E-state index in [0.29, 0.717) is 19.7 Å². The highest BCUT2D eigenvalue weighted by Gasteiger charge is 2.16. The minimum atomic E-state index is -0.213. The van der Waals surface area contributed by atoms with Crippen LogP contribution in [-0.2, 0) is 22.4 Å². The first-order valence-electron chi connectivity index (χ1n) is 12.7. The number of hydrogen-bond acceptors (Lipinski definition) is 4. The lowest BCUT2D eigenvalue weighted by Crippen LogP contribution is -2.41. The molecule has 2 amide bonds. The van der Waals surface area contributed by atoms with Crippen LogP contribution in [0.4, 0.5) is 10.5 Å². The molecule has 0 bridgehead atoms. The summed E-state index contributed by atoms with van der Waals surface area (Å²) < 4.78 is 5.03. The molecule has 0 spiro atoms. The number of unbranched alkanes of at least 4 members (excludes halogenated alkanes) is 1. The summed E-state index contributed by atoms with van der Waals surface area (Å²) in [6.45, 7) is 5.64. The van der Waals surface area contributed by atoms with Crippen molar-refractivity contribution in [2.24, 2.45) is 0 Å². The zero-order chi connectivity index (χ0) is 25.6. The number of anilines is 1. The molecule has 0 unspecified atom stereocenters. The number of amides is 2. The maximum absolute atomic E-state index is 13.1. The van der Waals surface area contributed by atoms with Crippen LogP contribution in [0.1, 0.15) is 44.2 Å². The molecule has 0 aromatic heterocycles. The lowest BCUT2D eigenvalue weighted by molar-refractivity contribution is -0.142. The van der Waals surface area contributed by atoms with E-state index in [0.717, 1.165) is 46.7 Å². The highest BCUT2D eigenvalue weighted by atomic mass is 32.2. The number of nitrogens with one attached hydrogen (secondary N) is 1. The van der Waals surface area contributed by atoms with Crippen LogP contribution >= 0.6 is 11.8 Å². The zero-order valence-corrected chi connectivity index (χ0v) is 22.1. The molecule has 3 aromatic carbocycles. The molecule has 3 aromatic rings. The highest BCUT2D eigenvalue weighted by molar-refractivity contribution is 7.99. The average molecular weight is 505 g/mol. The fourth-order valence-corrected chi connectivity index (χ4v) is 4.68. The lowest BCUT2D eigenvalue weighted by atomic mass is 10.1. The van der Waals surface area contributed by atoms with E-state index in [4.69, 9.17) is 4.74 Å². The fourth-order valence-electron chi connectivity index (χ4n) is 3.81. The summed E-state index contributed by atoms with van der Waals surface area (Å²) in [5.41, 5.74) is 3.10. The minimum Gasteiger partial charge on any atom is -0.466 e. The third kappa shape index (κ3) is 9.08. The molecule has 0 saturated heterocycles. The summed E-state index contributed by atoms with van der Waals surface area (Å²) in [6, 6.07) is 26.4. The molecule has 0 aliphatic carbocycles. The van der Waals surface area contributed by atoms with Crippen molar-refractivity contribution < 1.29 is 14.3 Å². The number of aryl methyl sites for hydroxylation is 1. The van der Waals surface area contributed by atoms with E-state index in [1.54, 1.807) is 11.8 Å². The van der Waals surface area contributed by atoms with E-state index in [1.807, 2.05) is 54.3 Å². The monoisotopic (exact) mass is 504 g/mol. The van der Waals surface area contributed by atoms with Gasteiger partial charge in [-0.05, 0) is 67.6 Å². The van der Waals surface area contributed by atoms with Crippen LogP contribution in [0.5, 0.6) is 0 Å². The van der Waals surface area contributed by atoms with Gasteiger partial charge in [0.05, 0.1) is 13.0 Å². The van der Waals surface area contributed by atoms with E-state index in [2.05, 4.69) is 48.6 Å². The summed E-state index contributed by atoms with van der Waals surface area (Å²) in [5.74, 6) is -0.213. The Bertz CT molecular complexity index is 1090. The van der Waals surface area contributed by atoms with Crippen LogP contribution in [0.2, 0.25) is 0 Å². The smallest absolute Gasteiger partial charge is 0.321 e. The maximum Gasteiger partial charge on any atom is 0.321 e. The number of nitrogens with zero attached hydrogens (tertiary/aromatic N) is 1. The minimum absolute atomic E-state index is 0.0537. The molecule has 6 heteroatoms. The van der Waals surface area contributed by atoms with Crippen LogP contribution in [-0.4, -0.2) is 31.7 Å². The van der Waals surface area contributed by atoms with Crippen molar-refractivity contribution in [1.29, 1.82) is 0 Å². The molecule has 3 rings (SSSR count). The molecular weight excluding hydrogens is 468 g/mol. The first-order valence-corrected chi connectivity index (χ1v) is 13.5. The molecule has 36 heavy (non-hydrogen) atoms. The Morgan fingerprint density at radius 1 is 0.861 bits per heavy atom. The molecule has 0 aliphatic heterocycles. The molecule has 5 nitrogen and oxygen atoms in total. The van der Waals surface area contributed by atoms with Gasteiger partial charge in [-0.25, -0.2) is 4.79 Å². The van der Waals surface area contributed by atoms with Crippen LogP contribution < -0.4 is 10.2 Å². The summed E-state index contributed by atoms with van der Waals surface area (Å²) in [7, 11) is 0. The third-order valence-corrected chi connectivity index (χ3v) is 6.68. The van der Waals surface area contributed by atoms with Gasteiger partial charge in [-0.15, -0.1) is 0 Å². The summed E-state index contributed by atoms with van der Waals surface area (Å²) in [6.07, 6.45) is 4.08. The van der Waals surface area contributed by atoms with Gasteiger partial charge in [-0.1, -0.05) is 73.6 Å². The standard InChI is InChI=1S/C30H36N2O3S/c1-3-5-20-31-30(34)32(21-10-13-24-11-7-6-8-12-24)26-14-9-15-28(23-26)36-27-18-16-25(17-19-27)22-29(33)35-4-2/h6-9,11-12,14-19,23H,3-5,10,13,20-22H2,1-2H3,(H,31,34). The van der Waals surface area contributed by atoms with Gasteiger partial charge in [0, 0.05) is 28.6 Å². The molecule has 0 aliphatic rings. The number of ether oxygens (including phenoxy) is 1. The van der Waals surface area contributed by atoms with Crippen LogP contribution in [0.25, 0.3) is 0 Å². The van der Waals surface area contributed by atoms with Gasteiger partial charge in [0.15, 0.2) is 0 Å². The second-order valence-electron chi connectivity index (χ2n) is 8.55. The Kier molecular flexibility index (Phi) is 11.4. The predicted molar refractivity (Wildman–Crippen MR) is 148 cm³/mol. The van der Waals surface area contributed by atoms with Gasteiger partial charge in [0.2, 0.25) is 0 Å². The number of rotatable bonds is 13. The van der Waals surface area contributed by atoms with Gasteiger partial charge >= 0.3 is 12.0 Å². The van der Waals surface area contributed by atoms with Crippen molar-refractivity contribution >= 4 is 29.4 Å². The molecule has 0 fully saturated rings. The predicted octanol–water partition coefficient (Wildman–Crippen LogP) is 6.89. The first kappa shape index (κ1) is 27.3. The van der Waals surface area contributed by atoms with E-state index in [-0.39, 0.29) is 18.4 Å². The number of carbonyl (C=O) groups is 2. The molecule has 190 valence electrons. The largest absolute Gasteiger partial charge is 0.466 e. The lowest BCUT2D eigenvalue weighted by Gasteiger charge is -2.24. The fraction of sp³-hybridized carbons (Fsp3) is 0.333. The van der Waals surface area contributed by atoms with Crippen molar-refractivity contribution in [2.75, 3.05) is 24.6 Å². The van der Waals surface area contributed by atoms with Crippen molar-refractivity contribution in [1.82, 2.24) is 5.32 Å². The van der Waals surface area contributed by atoms with Crippen molar-refractivity contribution in [3.8, 4) is 0 Å². The quantitative estimate of drug-likeness (QED) is 0.203. The Balaban J connectivity index is 1.68. The number of carbonyl (C=O) groups excluding carboxylic acids is 2. The topological polar surface area (TPSA) is 58.6 Å². The van der Waals surface area contributed by atoms with Crippen LogP contribution in [0.15, 0.2) is 88.7 Å². The summed E-state index contributed by atoms with van der Waals surface area (Å²) in [4.78, 5) is 28.8. The zero-order valence-electron chi connectivity index (χ0n) is 21.2. The summed E-state index contributed by atoms with van der Waals surface area (Å²) >= 11 is 1.64. The molecule has 0 heterocycles. The second-order valence-corrected chi connectivity index (χ2v) is 9.70. The van der Waals surface area contributed by atoms with Gasteiger partial charge in [-0.3, -0.25) is 9.69 Å². The number of benzene rings is 3. The molecular formula is C30H36N2O3S. The van der Waals surface area contributed by atoms with E-state index in [1.165, 1.54) is 5.56 Å². The van der Waals surface area contributed by atoms with Crippen molar-refractivity contribution in [3.05, 3.63) is 90.0 Å². The maximum atomic E-state index is 13.1. The molecule has 0 saturated carbocycles. The Morgan fingerprint density at radius 2 is 1.64 bits per heavy atom. The summed E-state index contributed by atoms with van der Waals surface area (Å²) in [5, 5.41) is 3.07. The SMILES string of the molecule is CCCCNC(=O)N(CCCc1ccccc1)c1cccc(Sc2ccc(CC(=O)OCC)cc2)c1. The second kappa shape index (κ2) is 15.0. The Labute approximate surface area is 219 Å². The van der Waals surface area contributed by atoms with E-state index < -0.39 is 0 Å².